The van der Waals surface area contributed by atoms with Gasteiger partial charge in [0.25, 0.3) is 0 Å². The molecule has 0 bridgehead atoms. The maximum absolute atomic E-state index is 12.0. The molecular formula is C15H25N3O2. The van der Waals surface area contributed by atoms with Gasteiger partial charge in [0.1, 0.15) is 11.8 Å². The van der Waals surface area contributed by atoms with Gasteiger partial charge in [0.2, 0.25) is 5.91 Å². The van der Waals surface area contributed by atoms with Crippen molar-refractivity contribution in [2.45, 2.75) is 46.2 Å². The Morgan fingerprint density at radius 3 is 2.55 bits per heavy atom. The molecule has 0 spiro atoms. The van der Waals surface area contributed by atoms with Crippen LogP contribution < -0.4 is 21.1 Å². The number of benzene rings is 1. The fourth-order valence-corrected chi connectivity index (χ4v) is 1.75. The summed E-state index contributed by atoms with van der Waals surface area (Å²) in [6.07, 6.45) is 0. The van der Waals surface area contributed by atoms with Crippen molar-refractivity contribution in [3.8, 4) is 5.75 Å². The Morgan fingerprint density at radius 1 is 1.35 bits per heavy atom. The van der Waals surface area contributed by atoms with Gasteiger partial charge in [-0.15, -0.1) is 0 Å². The molecule has 0 aliphatic carbocycles. The summed E-state index contributed by atoms with van der Waals surface area (Å²) in [7, 11) is 0. The van der Waals surface area contributed by atoms with E-state index in [9.17, 15) is 4.79 Å². The Kier molecular flexibility index (Phi) is 5.25. The SMILES string of the molecule is CCOc1cc(N)cc(NC(C)C(=O)NC(C)(C)C)c1. The minimum atomic E-state index is -0.356. The quantitative estimate of drug-likeness (QED) is 0.723. The molecule has 1 aromatic rings. The first kappa shape index (κ1) is 16.1. The molecule has 1 aromatic carbocycles. The lowest BCUT2D eigenvalue weighted by atomic mass is 10.1. The van der Waals surface area contributed by atoms with Gasteiger partial charge in [-0.25, -0.2) is 0 Å². The maximum Gasteiger partial charge on any atom is 0.242 e. The van der Waals surface area contributed by atoms with Crippen LogP contribution in [0, 0.1) is 0 Å². The highest BCUT2D eigenvalue weighted by Crippen LogP contribution is 2.23. The lowest BCUT2D eigenvalue weighted by Crippen LogP contribution is -2.47. The van der Waals surface area contributed by atoms with Crippen LogP contribution in [-0.2, 0) is 4.79 Å². The van der Waals surface area contributed by atoms with Gasteiger partial charge < -0.3 is 21.1 Å². The number of nitrogen functional groups attached to an aromatic ring is 1. The average Bonchev–Trinajstić information content (AvgIpc) is 2.26. The third kappa shape index (κ3) is 5.38. The first-order valence-corrected chi connectivity index (χ1v) is 6.83. The topological polar surface area (TPSA) is 76.4 Å². The number of amides is 1. The van der Waals surface area contributed by atoms with Crippen molar-refractivity contribution in [3.63, 3.8) is 0 Å². The molecule has 1 amide bonds. The molecule has 0 fully saturated rings. The summed E-state index contributed by atoms with van der Waals surface area (Å²) in [6, 6.07) is 5.02. The normalized spacial score (nSPS) is 12.7. The van der Waals surface area contributed by atoms with Crippen LogP contribution in [0.1, 0.15) is 34.6 Å². The lowest BCUT2D eigenvalue weighted by molar-refractivity contribution is -0.122. The molecule has 0 saturated heterocycles. The van der Waals surface area contributed by atoms with Gasteiger partial charge in [-0.1, -0.05) is 0 Å². The van der Waals surface area contributed by atoms with Gasteiger partial charge in [0.05, 0.1) is 6.61 Å². The number of hydrogen-bond acceptors (Lipinski definition) is 4. The fourth-order valence-electron chi connectivity index (χ4n) is 1.75. The molecular weight excluding hydrogens is 254 g/mol. The summed E-state index contributed by atoms with van der Waals surface area (Å²) in [6.45, 7) is 10.1. The van der Waals surface area contributed by atoms with Crippen LogP contribution in [0.15, 0.2) is 18.2 Å². The molecule has 0 saturated carbocycles. The number of anilines is 2. The number of carbonyl (C=O) groups excluding carboxylic acids is 1. The van der Waals surface area contributed by atoms with Crippen LogP contribution in [0.4, 0.5) is 11.4 Å². The van der Waals surface area contributed by atoms with E-state index in [2.05, 4.69) is 10.6 Å². The van der Waals surface area contributed by atoms with Crippen LogP contribution in [0.5, 0.6) is 5.75 Å². The summed E-state index contributed by atoms with van der Waals surface area (Å²) in [5.74, 6) is 0.635. The second-order valence-electron chi connectivity index (χ2n) is 5.83. The Hall–Kier alpha value is -1.91. The van der Waals surface area contributed by atoms with Gasteiger partial charge in [0.15, 0.2) is 0 Å². The molecule has 20 heavy (non-hydrogen) atoms. The van der Waals surface area contributed by atoms with Gasteiger partial charge in [0, 0.05) is 29.0 Å². The van der Waals surface area contributed by atoms with Crippen molar-refractivity contribution >= 4 is 17.3 Å². The second kappa shape index (κ2) is 6.50. The van der Waals surface area contributed by atoms with E-state index in [1.165, 1.54) is 0 Å². The van der Waals surface area contributed by atoms with E-state index in [1.807, 2.05) is 40.7 Å². The van der Waals surface area contributed by atoms with Crippen molar-refractivity contribution in [2.24, 2.45) is 0 Å². The van der Waals surface area contributed by atoms with Crippen molar-refractivity contribution < 1.29 is 9.53 Å². The second-order valence-corrected chi connectivity index (χ2v) is 5.83. The molecule has 0 aromatic heterocycles. The average molecular weight is 279 g/mol. The molecule has 1 atom stereocenters. The minimum absolute atomic E-state index is 0.0575. The Labute approximate surface area is 120 Å². The summed E-state index contributed by atoms with van der Waals surface area (Å²) in [5, 5.41) is 6.06. The van der Waals surface area contributed by atoms with E-state index >= 15 is 0 Å². The molecule has 1 rings (SSSR count). The van der Waals surface area contributed by atoms with Crippen LogP contribution in [0.25, 0.3) is 0 Å². The van der Waals surface area contributed by atoms with Crippen LogP contribution in [-0.4, -0.2) is 24.1 Å². The predicted octanol–water partition coefficient (Wildman–Crippen LogP) is 2.38. The highest BCUT2D eigenvalue weighted by Gasteiger charge is 2.19. The van der Waals surface area contributed by atoms with E-state index in [0.717, 1.165) is 5.69 Å². The lowest BCUT2D eigenvalue weighted by Gasteiger charge is -2.24. The molecule has 0 heterocycles. The van der Waals surface area contributed by atoms with Gasteiger partial charge >= 0.3 is 0 Å². The van der Waals surface area contributed by atoms with Crippen LogP contribution in [0.3, 0.4) is 0 Å². The number of nitrogens with two attached hydrogens (primary N) is 1. The first-order chi connectivity index (χ1) is 9.21. The zero-order chi connectivity index (χ0) is 15.3. The fraction of sp³-hybridized carbons (Fsp3) is 0.533. The van der Waals surface area contributed by atoms with Crippen LogP contribution in [0.2, 0.25) is 0 Å². The highest BCUT2D eigenvalue weighted by atomic mass is 16.5. The Morgan fingerprint density at radius 2 is 2.00 bits per heavy atom. The Bertz CT molecular complexity index is 467. The number of rotatable bonds is 5. The zero-order valence-corrected chi connectivity index (χ0v) is 12.9. The molecule has 4 N–H and O–H groups in total. The van der Waals surface area contributed by atoms with E-state index in [1.54, 1.807) is 12.1 Å². The largest absolute Gasteiger partial charge is 0.494 e. The summed E-state index contributed by atoms with van der Waals surface area (Å²) in [5.41, 5.74) is 6.94. The summed E-state index contributed by atoms with van der Waals surface area (Å²) in [4.78, 5) is 12.0. The molecule has 1 unspecified atom stereocenters. The monoisotopic (exact) mass is 279 g/mol. The summed E-state index contributed by atoms with van der Waals surface area (Å²) >= 11 is 0. The number of ether oxygens (including phenoxy) is 1. The highest BCUT2D eigenvalue weighted by molar-refractivity contribution is 5.85. The molecule has 0 radical (unpaired) electrons. The predicted molar refractivity (Wildman–Crippen MR) is 83.0 cm³/mol. The van der Waals surface area contributed by atoms with E-state index < -0.39 is 0 Å². The molecule has 5 nitrogen and oxygen atoms in total. The van der Waals surface area contributed by atoms with Gasteiger partial charge in [-0.05, 0) is 40.7 Å². The van der Waals surface area contributed by atoms with Crippen molar-refractivity contribution in [1.82, 2.24) is 5.32 Å². The minimum Gasteiger partial charge on any atom is -0.494 e. The standard InChI is InChI=1S/C15H25N3O2/c1-6-20-13-8-11(16)7-12(9-13)17-10(2)14(19)18-15(3,4)5/h7-10,17H,6,16H2,1-5H3,(H,18,19). The van der Waals surface area contributed by atoms with E-state index in [-0.39, 0.29) is 17.5 Å². The smallest absolute Gasteiger partial charge is 0.242 e. The van der Waals surface area contributed by atoms with Crippen molar-refractivity contribution in [2.75, 3.05) is 17.7 Å². The van der Waals surface area contributed by atoms with Crippen molar-refractivity contribution in [1.29, 1.82) is 0 Å². The van der Waals surface area contributed by atoms with E-state index in [0.29, 0.717) is 18.0 Å². The van der Waals surface area contributed by atoms with Crippen molar-refractivity contribution in [3.05, 3.63) is 18.2 Å². The number of nitrogens with one attached hydrogen (secondary N) is 2. The molecule has 0 aliphatic heterocycles. The summed E-state index contributed by atoms with van der Waals surface area (Å²) < 4.78 is 5.43. The first-order valence-electron chi connectivity index (χ1n) is 6.83. The third-order valence-electron chi connectivity index (χ3n) is 2.51. The van der Waals surface area contributed by atoms with Gasteiger partial charge in [-0.2, -0.15) is 0 Å². The van der Waals surface area contributed by atoms with Gasteiger partial charge in [-0.3, -0.25) is 4.79 Å². The molecule has 112 valence electrons. The third-order valence-corrected chi connectivity index (χ3v) is 2.51. The number of carbonyl (C=O) groups is 1. The zero-order valence-electron chi connectivity index (χ0n) is 12.9. The van der Waals surface area contributed by atoms with E-state index in [4.69, 9.17) is 10.5 Å². The molecule has 0 aliphatic rings. The van der Waals surface area contributed by atoms with Crippen LogP contribution >= 0.6 is 0 Å². The maximum atomic E-state index is 12.0. The molecule has 5 heteroatoms. The Balaban J connectivity index is 2.74. The number of hydrogen-bond donors (Lipinski definition) is 3.